The maximum atomic E-state index is 13.6. The van der Waals surface area contributed by atoms with Crippen LogP contribution < -0.4 is 10.3 Å². The van der Waals surface area contributed by atoms with Crippen LogP contribution in [-0.2, 0) is 11.3 Å². The quantitative estimate of drug-likeness (QED) is 0.523. The Balaban J connectivity index is 1.65. The number of halogens is 3. The van der Waals surface area contributed by atoms with E-state index in [1.54, 1.807) is 31.7 Å². The van der Waals surface area contributed by atoms with Gasteiger partial charge >= 0.3 is 12.5 Å². The highest BCUT2D eigenvalue weighted by molar-refractivity contribution is 5.71. The molecule has 0 saturated carbocycles. The van der Waals surface area contributed by atoms with Crippen molar-refractivity contribution in [2.24, 2.45) is 0 Å². The Labute approximate surface area is 204 Å². The smallest absolute Gasteiger partial charge is 0.444 e. The Morgan fingerprint density at radius 2 is 1.78 bits per heavy atom. The summed E-state index contributed by atoms with van der Waals surface area (Å²) in [4.78, 5) is 40.2. The van der Waals surface area contributed by atoms with E-state index in [0.29, 0.717) is 37.0 Å². The summed E-state index contributed by atoms with van der Waals surface area (Å²) in [6.45, 7) is 5.91. The maximum absolute atomic E-state index is 13.6. The van der Waals surface area contributed by atoms with Gasteiger partial charge in [0, 0.05) is 37.2 Å². The number of hydrogen-bond acceptors (Lipinski definition) is 7. The molecule has 1 amide bonds. The highest BCUT2D eigenvalue weighted by atomic mass is 19.4. The molecule has 0 N–H and O–H groups in total. The molecule has 0 aliphatic carbocycles. The number of carbonyl (C=O) groups excluding carboxylic acids is 1. The van der Waals surface area contributed by atoms with E-state index in [-0.39, 0.29) is 23.8 Å². The molecular weight excluding hydrogens is 479 g/mol. The molecule has 3 aromatic rings. The molecule has 0 spiro atoms. The van der Waals surface area contributed by atoms with Crippen molar-refractivity contribution in [1.29, 1.82) is 0 Å². The van der Waals surface area contributed by atoms with Crippen molar-refractivity contribution in [3.8, 4) is 5.75 Å². The molecule has 3 aromatic heterocycles. The van der Waals surface area contributed by atoms with Crippen LogP contribution in [0, 0.1) is 0 Å². The largest absolute Gasteiger partial charge is 0.573 e. The lowest BCUT2D eigenvalue weighted by Crippen LogP contribution is -2.42. The minimum Gasteiger partial charge on any atom is -0.444 e. The fraction of sp³-hybridized carbons (Fsp3) is 0.458. The van der Waals surface area contributed by atoms with Gasteiger partial charge in [-0.1, -0.05) is 0 Å². The first kappa shape index (κ1) is 25.4. The van der Waals surface area contributed by atoms with Gasteiger partial charge in [-0.3, -0.25) is 19.3 Å². The summed E-state index contributed by atoms with van der Waals surface area (Å²) in [5, 5.41) is 0. The Morgan fingerprint density at radius 3 is 2.44 bits per heavy atom. The van der Waals surface area contributed by atoms with E-state index >= 15 is 0 Å². The van der Waals surface area contributed by atoms with E-state index in [9.17, 15) is 22.8 Å². The van der Waals surface area contributed by atoms with Crippen LogP contribution in [0.3, 0.4) is 0 Å². The van der Waals surface area contributed by atoms with Crippen LogP contribution in [0.15, 0.2) is 41.6 Å². The first-order chi connectivity index (χ1) is 16.9. The molecule has 1 aliphatic heterocycles. The number of alkyl halides is 3. The molecule has 4 heterocycles. The molecule has 0 radical (unpaired) electrons. The monoisotopic (exact) mass is 505 g/mol. The molecule has 36 heavy (non-hydrogen) atoms. The second-order valence-electron chi connectivity index (χ2n) is 9.49. The Kier molecular flexibility index (Phi) is 6.87. The third kappa shape index (κ3) is 5.92. The van der Waals surface area contributed by atoms with Gasteiger partial charge in [0.2, 0.25) is 0 Å². The number of rotatable bonds is 4. The zero-order chi connectivity index (χ0) is 26.1. The van der Waals surface area contributed by atoms with Crippen LogP contribution in [-0.4, -0.2) is 55.6 Å². The van der Waals surface area contributed by atoms with Gasteiger partial charge in [0.1, 0.15) is 16.8 Å². The summed E-state index contributed by atoms with van der Waals surface area (Å²) in [6, 6.07) is 4.13. The van der Waals surface area contributed by atoms with Crippen molar-refractivity contribution in [3.05, 3.63) is 58.4 Å². The summed E-state index contributed by atoms with van der Waals surface area (Å²) in [5.74, 6) is -0.673. The molecule has 192 valence electrons. The van der Waals surface area contributed by atoms with E-state index in [0.717, 1.165) is 6.07 Å². The van der Waals surface area contributed by atoms with Gasteiger partial charge < -0.3 is 14.4 Å². The number of nitrogens with zero attached hydrogens (tertiary/aromatic N) is 5. The summed E-state index contributed by atoms with van der Waals surface area (Å²) < 4.78 is 49.5. The number of aromatic nitrogens is 4. The van der Waals surface area contributed by atoms with Gasteiger partial charge in [-0.2, -0.15) is 0 Å². The number of likely N-dealkylation sites (tertiary alicyclic amines) is 1. The maximum Gasteiger partial charge on any atom is 0.573 e. The summed E-state index contributed by atoms with van der Waals surface area (Å²) >= 11 is 0. The zero-order valence-corrected chi connectivity index (χ0v) is 20.1. The van der Waals surface area contributed by atoms with Gasteiger partial charge in [0.05, 0.1) is 6.54 Å². The van der Waals surface area contributed by atoms with Crippen molar-refractivity contribution < 1.29 is 27.4 Å². The summed E-state index contributed by atoms with van der Waals surface area (Å²) in [5.41, 5.74) is 0.0276. The van der Waals surface area contributed by atoms with Crippen molar-refractivity contribution in [2.45, 2.75) is 58.0 Å². The predicted octanol–water partition coefficient (Wildman–Crippen LogP) is 4.25. The molecule has 0 aromatic carbocycles. The average molecular weight is 505 g/mol. The zero-order valence-electron chi connectivity index (χ0n) is 20.1. The molecule has 0 bridgehead atoms. The second-order valence-corrected chi connectivity index (χ2v) is 9.49. The van der Waals surface area contributed by atoms with Gasteiger partial charge in [-0.05, 0) is 57.7 Å². The molecule has 0 unspecified atom stereocenters. The van der Waals surface area contributed by atoms with Gasteiger partial charge in [0.25, 0.3) is 5.56 Å². The van der Waals surface area contributed by atoms with Crippen molar-refractivity contribution in [3.63, 3.8) is 0 Å². The topological polar surface area (TPSA) is 99.4 Å². The van der Waals surface area contributed by atoms with E-state index in [2.05, 4.69) is 19.7 Å². The van der Waals surface area contributed by atoms with Gasteiger partial charge in [0.15, 0.2) is 11.4 Å². The van der Waals surface area contributed by atoms with Crippen molar-refractivity contribution in [2.75, 3.05) is 13.1 Å². The number of pyridine rings is 2. The Morgan fingerprint density at radius 1 is 1.08 bits per heavy atom. The highest BCUT2D eigenvalue weighted by Crippen LogP contribution is 2.29. The van der Waals surface area contributed by atoms with Gasteiger partial charge in [-0.25, -0.2) is 9.78 Å². The lowest BCUT2D eigenvalue weighted by Gasteiger charge is -2.33. The number of carbonyl (C=O) groups is 1. The van der Waals surface area contributed by atoms with Crippen LogP contribution in [0.4, 0.5) is 18.0 Å². The van der Waals surface area contributed by atoms with Crippen molar-refractivity contribution >= 4 is 17.3 Å². The molecular formula is C24H26F3N5O4. The molecule has 4 rings (SSSR count). The third-order valence-electron chi connectivity index (χ3n) is 5.71. The Hall–Kier alpha value is -3.70. The van der Waals surface area contributed by atoms with E-state index in [1.807, 2.05) is 0 Å². The number of hydrogen-bond donors (Lipinski definition) is 0. The minimum atomic E-state index is -4.91. The predicted molar refractivity (Wildman–Crippen MR) is 124 cm³/mol. The van der Waals surface area contributed by atoms with Crippen LogP contribution in [0.5, 0.6) is 5.75 Å². The number of fused-ring (bicyclic) bond motifs is 1. The molecule has 1 fully saturated rings. The first-order valence-electron chi connectivity index (χ1n) is 11.4. The number of piperidine rings is 1. The van der Waals surface area contributed by atoms with Crippen LogP contribution in [0.1, 0.15) is 50.8 Å². The second kappa shape index (κ2) is 9.75. The average Bonchev–Trinajstić information content (AvgIpc) is 2.80. The fourth-order valence-electron chi connectivity index (χ4n) is 4.16. The van der Waals surface area contributed by atoms with Crippen LogP contribution >= 0.6 is 0 Å². The minimum absolute atomic E-state index is 0.0687. The lowest BCUT2D eigenvalue weighted by molar-refractivity contribution is -0.275. The lowest BCUT2D eigenvalue weighted by atomic mass is 9.90. The Bertz CT molecular complexity index is 1310. The molecule has 12 heteroatoms. The molecule has 9 nitrogen and oxygen atoms in total. The third-order valence-corrected chi connectivity index (χ3v) is 5.71. The van der Waals surface area contributed by atoms with E-state index < -0.39 is 29.4 Å². The SMILES string of the molecule is CC(C)(C)OC(=O)N1CCC(c2cc3nccnc3n(Cc3ncccc3OC(F)(F)F)c2=O)CC1. The van der Waals surface area contributed by atoms with Crippen molar-refractivity contribution in [1.82, 2.24) is 24.4 Å². The number of amides is 1. The summed E-state index contributed by atoms with van der Waals surface area (Å²) in [7, 11) is 0. The molecule has 1 saturated heterocycles. The van der Waals surface area contributed by atoms with Crippen LogP contribution in [0.2, 0.25) is 0 Å². The van der Waals surface area contributed by atoms with E-state index in [4.69, 9.17) is 4.74 Å². The highest BCUT2D eigenvalue weighted by Gasteiger charge is 2.33. The van der Waals surface area contributed by atoms with Crippen LogP contribution in [0.25, 0.3) is 11.2 Å². The summed E-state index contributed by atoms with van der Waals surface area (Å²) in [6.07, 6.45) is -0.0654. The van der Waals surface area contributed by atoms with Gasteiger partial charge in [-0.15, -0.1) is 13.2 Å². The van der Waals surface area contributed by atoms with E-state index in [1.165, 1.54) is 29.2 Å². The first-order valence-corrected chi connectivity index (χ1v) is 11.4. The fourth-order valence-corrected chi connectivity index (χ4v) is 4.16. The molecule has 1 aliphatic rings. The normalized spacial score (nSPS) is 15.2. The number of ether oxygens (including phenoxy) is 2. The standard InChI is InChI=1S/C24H26F3N5O4/c1-23(2,3)36-22(34)31-11-6-15(7-12-31)16-13-17-20(30-10-9-29-17)32(21(16)33)14-18-19(5-4-8-28-18)35-24(25,26)27/h4-5,8-10,13,15H,6-7,11-12,14H2,1-3H3. The molecule has 0 atom stereocenters.